The van der Waals surface area contributed by atoms with E-state index < -0.39 is 0 Å². The van der Waals surface area contributed by atoms with E-state index >= 15 is 0 Å². The quantitative estimate of drug-likeness (QED) is 0.848. The molecule has 7 heteroatoms. The van der Waals surface area contributed by atoms with Gasteiger partial charge < -0.3 is 9.80 Å². The van der Waals surface area contributed by atoms with Crippen LogP contribution >= 0.6 is 11.6 Å². The molecule has 2 saturated heterocycles. The number of carbonyl (C=O) groups is 1. The number of hydrogen-bond donors (Lipinski definition) is 2. The number of benzene rings is 2. The Bertz CT molecular complexity index is 808. The first-order valence-electron chi connectivity index (χ1n) is 9.16. The van der Waals surface area contributed by atoms with E-state index in [1.807, 2.05) is 29.2 Å². The van der Waals surface area contributed by atoms with Crippen molar-refractivity contribution in [3.8, 4) is 0 Å². The van der Waals surface area contributed by atoms with E-state index in [2.05, 4.69) is 15.8 Å². The number of rotatable bonds is 3. The number of para-hydroxylation sites is 1. The van der Waals surface area contributed by atoms with Gasteiger partial charge in [-0.2, -0.15) is 0 Å². The van der Waals surface area contributed by atoms with Crippen molar-refractivity contribution in [1.82, 2.24) is 15.8 Å². The molecule has 0 bridgehead atoms. The smallest absolute Gasteiger partial charge is 0.241 e. The highest BCUT2D eigenvalue weighted by Gasteiger charge is 2.34. The van der Waals surface area contributed by atoms with Crippen LogP contribution in [-0.4, -0.2) is 43.0 Å². The van der Waals surface area contributed by atoms with Gasteiger partial charge in [0.15, 0.2) is 0 Å². The SMILES string of the molecule is O=C(C1CC(c2ccc(F)cc2)NN1)N1CCN(c2ccccc2Cl)CC1. The van der Waals surface area contributed by atoms with Crippen molar-refractivity contribution in [1.29, 1.82) is 0 Å². The highest BCUT2D eigenvalue weighted by molar-refractivity contribution is 6.33. The monoisotopic (exact) mass is 388 g/mol. The third-order valence-corrected chi connectivity index (χ3v) is 5.58. The van der Waals surface area contributed by atoms with Crippen LogP contribution in [0.25, 0.3) is 0 Å². The lowest BCUT2D eigenvalue weighted by Crippen LogP contribution is -2.53. The van der Waals surface area contributed by atoms with E-state index in [1.54, 1.807) is 12.1 Å². The Kier molecular flexibility index (Phi) is 5.29. The Labute approximate surface area is 163 Å². The molecular formula is C20H22ClFN4O. The highest BCUT2D eigenvalue weighted by Crippen LogP contribution is 2.27. The lowest BCUT2D eigenvalue weighted by atomic mass is 10.0. The number of hydrogen-bond acceptors (Lipinski definition) is 4. The van der Waals surface area contributed by atoms with Gasteiger partial charge in [0.1, 0.15) is 11.9 Å². The lowest BCUT2D eigenvalue weighted by Gasteiger charge is -2.37. The van der Waals surface area contributed by atoms with E-state index in [0.717, 1.165) is 29.4 Å². The topological polar surface area (TPSA) is 47.6 Å². The van der Waals surface area contributed by atoms with Gasteiger partial charge in [-0.05, 0) is 36.2 Å². The minimum absolute atomic E-state index is 0.00367. The van der Waals surface area contributed by atoms with E-state index in [9.17, 15) is 9.18 Å². The van der Waals surface area contributed by atoms with E-state index in [-0.39, 0.29) is 23.8 Å². The van der Waals surface area contributed by atoms with Gasteiger partial charge in [0, 0.05) is 32.2 Å². The molecule has 2 unspecified atom stereocenters. The number of carbonyl (C=O) groups excluding carboxylic acids is 1. The molecule has 2 fully saturated rings. The fourth-order valence-corrected chi connectivity index (χ4v) is 3.98. The van der Waals surface area contributed by atoms with Crippen molar-refractivity contribution >= 4 is 23.2 Å². The molecular weight excluding hydrogens is 367 g/mol. The molecule has 4 rings (SSSR count). The van der Waals surface area contributed by atoms with Crippen molar-refractivity contribution in [3.05, 3.63) is 64.9 Å². The zero-order chi connectivity index (χ0) is 18.8. The maximum Gasteiger partial charge on any atom is 0.241 e. The molecule has 0 saturated carbocycles. The van der Waals surface area contributed by atoms with Gasteiger partial charge in [0.25, 0.3) is 0 Å². The summed E-state index contributed by atoms with van der Waals surface area (Å²) in [6.45, 7) is 2.86. The molecule has 2 aliphatic rings. The third kappa shape index (κ3) is 3.93. The highest BCUT2D eigenvalue weighted by atomic mass is 35.5. The van der Waals surface area contributed by atoms with E-state index in [1.165, 1.54) is 12.1 Å². The van der Waals surface area contributed by atoms with Crippen LogP contribution in [0.2, 0.25) is 5.02 Å². The zero-order valence-electron chi connectivity index (χ0n) is 14.9. The number of anilines is 1. The summed E-state index contributed by atoms with van der Waals surface area (Å²) in [4.78, 5) is 17.0. The van der Waals surface area contributed by atoms with Crippen molar-refractivity contribution in [2.24, 2.45) is 0 Å². The van der Waals surface area contributed by atoms with Crippen LogP contribution in [0.5, 0.6) is 0 Å². The predicted octanol–water partition coefficient (Wildman–Crippen LogP) is 2.74. The molecule has 0 aromatic heterocycles. The van der Waals surface area contributed by atoms with Gasteiger partial charge in [-0.15, -0.1) is 0 Å². The van der Waals surface area contributed by atoms with Crippen LogP contribution < -0.4 is 15.8 Å². The molecule has 0 spiro atoms. The molecule has 142 valence electrons. The van der Waals surface area contributed by atoms with Gasteiger partial charge in [0.05, 0.1) is 10.7 Å². The summed E-state index contributed by atoms with van der Waals surface area (Å²) in [5.74, 6) is -0.153. The molecule has 5 nitrogen and oxygen atoms in total. The molecule has 0 radical (unpaired) electrons. The molecule has 1 amide bonds. The summed E-state index contributed by atoms with van der Waals surface area (Å²) in [6.07, 6.45) is 0.648. The summed E-state index contributed by atoms with van der Waals surface area (Å²) in [7, 11) is 0. The second-order valence-electron chi connectivity index (χ2n) is 6.94. The molecule has 27 heavy (non-hydrogen) atoms. The first kappa shape index (κ1) is 18.2. The van der Waals surface area contributed by atoms with Crippen molar-refractivity contribution in [2.45, 2.75) is 18.5 Å². The van der Waals surface area contributed by atoms with Gasteiger partial charge in [-0.1, -0.05) is 35.9 Å². The fourth-order valence-electron chi connectivity index (χ4n) is 3.73. The third-order valence-electron chi connectivity index (χ3n) is 5.26. The number of halogens is 2. The van der Waals surface area contributed by atoms with Crippen molar-refractivity contribution in [3.63, 3.8) is 0 Å². The summed E-state index contributed by atoms with van der Waals surface area (Å²) in [6, 6.07) is 13.9. The van der Waals surface area contributed by atoms with Crippen molar-refractivity contribution < 1.29 is 9.18 Å². The molecule has 2 aromatic rings. The molecule has 2 aromatic carbocycles. The summed E-state index contributed by atoms with van der Waals surface area (Å²) in [5.41, 5.74) is 8.25. The van der Waals surface area contributed by atoms with Crippen molar-refractivity contribution in [2.75, 3.05) is 31.1 Å². The second kappa shape index (κ2) is 7.84. The summed E-state index contributed by atoms with van der Waals surface area (Å²) >= 11 is 6.28. The summed E-state index contributed by atoms with van der Waals surface area (Å²) < 4.78 is 13.1. The van der Waals surface area contributed by atoms with Gasteiger partial charge in [-0.25, -0.2) is 15.2 Å². The average Bonchev–Trinajstić information content (AvgIpc) is 3.19. The largest absolute Gasteiger partial charge is 0.367 e. The average molecular weight is 389 g/mol. The second-order valence-corrected chi connectivity index (χ2v) is 7.35. The zero-order valence-corrected chi connectivity index (χ0v) is 15.6. The molecule has 2 heterocycles. The minimum Gasteiger partial charge on any atom is -0.367 e. The van der Waals surface area contributed by atoms with Gasteiger partial charge >= 0.3 is 0 Å². The Balaban J connectivity index is 1.33. The van der Waals surface area contributed by atoms with Crippen LogP contribution in [-0.2, 0) is 4.79 Å². The lowest BCUT2D eigenvalue weighted by molar-refractivity contribution is -0.133. The molecule has 0 aliphatic carbocycles. The van der Waals surface area contributed by atoms with E-state index in [4.69, 9.17) is 11.6 Å². The normalized spacial score (nSPS) is 22.9. The van der Waals surface area contributed by atoms with Crippen LogP contribution in [0.1, 0.15) is 18.0 Å². The Morgan fingerprint density at radius 2 is 1.70 bits per heavy atom. The number of piperazine rings is 1. The molecule has 2 N–H and O–H groups in total. The predicted molar refractivity (Wildman–Crippen MR) is 104 cm³/mol. The Hall–Kier alpha value is -2.15. The first-order chi connectivity index (χ1) is 13.1. The standard InChI is InChI=1S/C20H22ClFN4O/c21-16-3-1-2-4-19(16)25-9-11-26(12-10-25)20(27)18-13-17(23-24-18)14-5-7-15(22)8-6-14/h1-8,17-18,23-24H,9-13H2. The number of nitrogens with one attached hydrogen (secondary N) is 2. The fraction of sp³-hybridized carbons (Fsp3) is 0.350. The van der Waals surface area contributed by atoms with E-state index in [0.29, 0.717) is 19.5 Å². The van der Waals surface area contributed by atoms with Crippen LogP contribution in [0, 0.1) is 5.82 Å². The Morgan fingerprint density at radius 1 is 1.00 bits per heavy atom. The number of amides is 1. The van der Waals surface area contributed by atoms with Crippen LogP contribution in [0.15, 0.2) is 48.5 Å². The summed E-state index contributed by atoms with van der Waals surface area (Å²) in [5, 5.41) is 0.737. The van der Waals surface area contributed by atoms with Gasteiger partial charge in [0.2, 0.25) is 5.91 Å². The molecule has 2 aliphatic heterocycles. The van der Waals surface area contributed by atoms with Crippen LogP contribution in [0.3, 0.4) is 0 Å². The minimum atomic E-state index is -0.271. The number of nitrogens with zero attached hydrogens (tertiary/aromatic N) is 2. The first-order valence-corrected chi connectivity index (χ1v) is 9.54. The maximum absolute atomic E-state index is 13.1. The van der Waals surface area contributed by atoms with Gasteiger partial charge in [-0.3, -0.25) is 4.79 Å². The van der Waals surface area contributed by atoms with Crippen LogP contribution in [0.4, 0.5) is 10.1 Å². The Morgan fingerprint density at radius 3 is 2.41 bits per heavy atom. The number of hydrazine groups is 1. The maximum atomic E-state index is 13.1. The molecule has 2 atom stereocenters.